The van der Waals surface area contributed by atoms with Crippen molar-refractivity contribution in [2.24, 2.45) is 0 Å². The highest BCUT2D eigenvalue weighted by molar-refractivity contribution is 6.35. The number of benzene rings is 2. The number of nitrogens with one attached hydrogen (secondary N) is 1. The molecule has 0 bridgehead atoms. The predicted molar refractivity (Wildman–Crippen MR) is 108 cm³/mol. The summed E-state index contributed by atoms with van der Waals surface area (Å²) in [5, 5.41) is 14.9. The Kier molecular flexibility index (Phi) is 5.90. The first-order valence-electron chi connectivity index (χ1n) is 8.77. The molecule has 1 aromatic heterocycles. The zero-order valence-corrected chi connectivity index (χ0v) is 16.6. The zero-order chi connectivity index (χ0) is 20.3. The van der Waals surface area contributed by atoms with E-state index in [1.54, 1.807) is 56.6 Å². The molecule has 3 aromatic rings. The van der Waals surface area contributed by atoms with E-state index in [1.165, 1.54) is 7.11 Å². The molecule has 1 atom stereocenters. The molecule has 0 aliphatic heterocycles. The monoisotopic (exact) mass is 400 g/mol. The second-order valence-corrected chi connectivity index (χ2v) is 6.57. The van der Waals surface area contributed by atoms with Gasteiger partial charge in [0, 0.05) is 23.6 Å². The minimum atomic E-state index is -0.642. The number of pyridine rings is 1. The molecule has 28 heavy (non-hydrogen) atoms. The lowest BCUT2D eigenvalue weighted by Gasteiger charge is -2.22. The summed E-state index contributed by atoms with van der Waals surface area (Å²) < 4.78 is 10.7. The van der Waals surface area contributed by atoms with Gasteiger partial charge in [0.1, 0.15) is 11.3 Å². The van der Waals surface area contributed by atoms with Crippen molar-refractivity contribution < 1.29 is 19.4 Å². The molecule has 0 spiro atoms. The Morgan fingerprint density at radius 2 is 1.96 bits per heavy atom. The van der Waals surface area contributed by atoms with E-state index in [0.717, 1.165) is 0 Å². The molecule has 6 nitrogen and oxygen atoms in total. The zero-order valence-electron chi connectivity index (χ0n) is 15.8. The molecule has 1 heterocycles. The van der Waals surface area contributed by atoms with E-state index in [9.17, 15) is 9.90 Å². The number of carbonyl (C=O) groups excluding carboxylic acids is 1. The van der Waals surface area contributed by atoms with Gasteiger partial charge in [-0.2, -0.15) is 0 Å². The Balaban J connectivity index is 2.20. The Hall–Kier alpha value is -2.99. The minimum absolute atomic E-state index is 0.0313. The van der Waals surface area contributed by atoms with Gasteiger partial charge >= 0.3 is 0 Å². The largest absolute Gasteiger partial charge is 0.505 e. The number of phenols is 1. The number of phenolic OH excluding ortho intramolecular Hbond substituents is 1. The number of ether oxygens (including phenoxy) is 2. The van der Waals surface area contributed by atoms with Crippen molar-refractivity contribution in [3.05, 3.63) is 58.7 Å². The third-order valence-corrected chi connectivity index (χ3v) is 4.84. The van der Waals surface area contributed by atoms with E-state index in [-0.39, 0.29) is 11.7 Å². The Morgan fingerprint density at radius 1 is 1.21 bits per heavy atom. The van der Waals surface area contributed by atoms with E-state index < -0.39 is 6.04 Å². The van der Waals surface area contributed by atoms with Crippen molar-refractivity contribution in [3.63, 3.8) is 0 Å². The average molecular weight is 401 g/mol. The number of hydrogen-bond acceptors (Lipinski definition) is 5. The molecule has 0 aliphatic carbocycles. The normalized spacial score (nSPS) is 11.9. The summed E-state index contributed by atoms with van der Waals surface area (Å²) in [5.41, 5.74) is 1.53. The van der Waals surface area contributed by atoms with Crippen LogP contribution in [0.2, 0.25) is 5.02 Å². The molecule has 1 amide bonds. The number of hydrogen-bond donors (Lipinski definition) is 2. The number of aromatic nitrogens is 1. The van der Waals surface area contributed by atoms with Crippen LogP contribution in [-0.2, 0) is 4.79 Å². The van der Waals surface area contributed by atoms with Crippen LogP contribution in [0.15, 0.2) is 42.6 Å². The van der Waals surface area contributed by atoms with E-state index in [0.29, 0.717) is 45.0 Å². The molecule has 2 N–H and O–H groups in total. The fourth-order valence-electron chi connectivity index (χ4n) is 3.06. The Labute approximate surface area is 168 Å². The van der Waals surface area contributed by atoms with Crippen LogP contribution in [0.25, 0.3) is 10.9 Å². The molecule has 7 heteroatoms. The van der Waals surface area contributed by atoms with Crippen molar-refractivity contribution in [2.75, 3.05) is 14.2 Å². The van der Waals surface area contributed by atoms with Crippen LogP contribution in [0, 0.1) is 0 Å². The maximum absolute atomic E-state index is 12.2. The third kappa shape index (κ3) is 3.68. The van der Waals surface area contributed by atoms with Crippen molar-refractivity contribution in [1.29, 1.82) is 0 Å². The summed E-state index contributed by atoms with van der Waals surface area (Å²) in [6.45, 7) is 1.76. The molecular weight excluding hydrogens is 380 g/mol. The summed E-state index contributed by atoms with van der Waals surface area (Å²) in [6.07, 6.45) is 1.88. The summed E-state index contributed by atoms with van der Waals surface area (Å²) in [4.78, 5) is 16.5. The van der Waals surface area contributed by atoms with Gasteiger partial charge in [0.2, 0.25) is 5.91 Å². The van der Waals surface area contributed by atoms with Crippen LogP contribution in [0.4, 0.5) is 0 Å². The summed E-state index contributed by atoms with van der Waals surface area (Å²) in [5.74, 6) is 0.877. The lowest BCUT2D eigenvalue weighted by Crippen LogP contribution is -2.28. The number of rotatable bonds is 6. The van der Waals surface area contributed by atoms with Gasteiger partial charge in [-0.25, -0.2) is 0 Å². The van der Waals surface area contributed by atoms with E-state index in [1.807, 2.05) is 0 Å². The van der Waals surface area contributed by atoms with Gasteiger partial charge in [0.25, 0.3) is 0 Å². The maximum Gasteiger partial charge on any atom is 0.220 e. The SMILES string of the molecule is CCC(=O)N[C@H](c1ccc(OC)c(OC)c1)c1cc(Cl)c2cccnc2c1O. The Morgan fingerprint density at radius 3 is 2.64 bits per heavy atom. The van der Waals surface area contributed by atoms with Crippen LogP contribution in [0.3, 0.4) is 0 Å². The number of nitrogens with zero attached hydrogens (tertiary/aromatic N) is 1. The lowest BCUT2D eigenvalue weighted by molar-refractivity contribution is -0.121. The highest BCUT2D eigenvalue weighted by Gasteiger charge is 2.24. The first kappa shape index (κ1) is 19.8. The fourth-order valence-corrected chi connectivity index (χ4v) is 3.33. The number of methoxy groups -OCH3 is 2. The first-order chi connectivity index (χ1) is 13.5. The lowest BCUT2D eigenvalue weighted by atomic mass is 9.95. The summed E-state index contributed by atoms with van der Waals surface area (Å²) in [6, 6.07) is 9.85. The van der Waals surface area contributed by atoms with E-state index >= 15 is 0 Å². The van der Waals surface area contributed by atoms with Crippen LogP contribution < -0.4 is 14.8 Å². The van der Waals surface area contributed by atoms with Gasteiger partial charge in [0.15, 0.2) is 11.5 Å². The van der Waals surface area contributed by atoms with Gasteiger partial charge < -0.3 is 19.9 Å². The predicted octanol–water partition coefficient (Wildman–Crippen LogP) is 4.23. The highest BCUT2D eigenvalue weighted by Crippen LogP contribution is 2.40. The molecule has 3 rings (SSSR count). The van der Waals surface area contributed by atoms with Crippen molar-refractivity contribution in [1.82, 2.24) is 10.3 Å². The topological polar surface area (TPSA) is 80.7 Å². The third-order valence-electron chi connectivity index (χ3n) is 4.52. The van der Waals surface area contributed by atoms with Crippen molar-refractivity contribution in [3.8, 4) is 17.2 Å². The van der Waals surface area contributed by atoms with E-state index in [2.05, 4.69) is 10.3 Å². The van der Waals surface area contributed by atoms with Gasteiger partial charge in [-0.1, -0.05) is 24.6 Å². The molecule has 0 radical (unpaired) electrons. The fraction of sp³-hybridized carbons (Fsp3) is 0.238. The van der Waals surface area contributed by atoms with Crippen LogP contribution in [0.5, 0.6) is 17.2 Å². The van der Waals surface area contributed by atoms with Crippen molar-refractivity contribution in [2.45, 2.75) is 19.4 Å². The molecule has 2 aromatic carbocycles. The molecule has 0 saturated heterocycles. The number of fused-ring (bicyclic) bond motifs is 1. The molecule has 0 fully saturated rings. The molecule has 0 aliphatic rings. The van der Waals surface area contributed by atoms with Gasteiger partial charge in [-0.15, -0.1) is 0 Å². The van der Waals surface area contributed by atoms with Crippen LogP contribution in [-0.4, -0.2) is 30.2 Å². The number of carbonyl (C=O) groups is 1. The van der Waals surface area contributed by atoms with Gasteiger partial charge in [-0.3, -0.25) is 9.78 Å². The second kappa shape index (κ2) is 8.35. The Bertz CT molecular complexity index is 1020. The minimum Gasteiger partial charge on any atom is -0.505 e. The average Bonchev–Trinajstić information content (AvgIpc) is 2.74. The molecule has 146 valence electrons. The molecular formula is C21H21ClN2O4. The summed E-state index contributed by atoms with van der Waals surface area (Å²) in [7, 11) is 3.09. The number of amides is 1. The standard InChI is InChI=1S/C21H21ClN2O4/c1-4-18(25)24-19(12-7-8-16(27-2)17(10-12)28-3)14-11-15(22)13-6-5-9-23-20(13)21(14)26/h5-11,19,26H,4H2,1-3H3,(H,24,25)/t19-/m1/s1. The number of halogens is 1. The van der Waals surface area contributed by atoms with Gasteiger partial charge in [-0.05, 0) is 35.9 Å². The second-order valence-electron chi connectivity index (χ2n) is 6.16. The molecule has 0 unspecified atom stereocenters. The first-order valence-corrected chi connectivity index (χ1v) is 9.15. The number of aromatic hydroxyl groups is 1. The quantitative estimate of drug-likeness (QED) is 0.647. The van der Waals surface area contributed by atoms with E-state index in [4.69, 9.17) is 21.1 Å². The summed E-state index contributed by atoms with van der Waals surface area (Å²) >= 11 is 6.43. The van der Waals surface area contributed by atoms with Crippen LogP contribution >= 0.6 is 11.6 Å². The van der Waals surface area contributed by atoms with Crippen molar-refractivity contribution >= 4 is 28.4 Å². The van der Waals surface area contributed by atoms with Gasteiger partial charge in [0.05, 0.1) is 25.3 Å². The van der Waals surface area contributed by atoms with Crippen LogP contribution in [0.1, 0.15) is 30.5 Å². The molecule has 0 saturated carbocycles. The maximum atomic E-state index is 12.2. The highest BCUT2D eigenvalue weighted by atomic mass is 35.5. The smallest absolute Gasteiger partial charge is 0.220 e.